The quantitative estimate of drug-likeness (QED) is 0.891. The SMILES string of the molecule is CCNCC1CCOC1c1ncc(Br)cc1Br. The summed E-state index contributed by atoms with van der Waals surface area (Å²) in [5.41, 5.74) is 1.01. The molecule has 0 amide bonds. The van der Waals surface area contributed by atoms with Crippen molar-refractivity contribution < 1.29 is 4.74 Å². The average Bonchev–Trinajstić information content (AvgIpc) is 2.74. The minimum Gasteiger partial charge on any atom is -0.372 e. The van der Waals surface area contributed by atoms with Gasteiger partial charge in [0.1, 0.15) is 6.10 Å². The topological polar surface area (TPSA) is 34.1 Å². The Morgan fingerprint density at radius 2 is 2.35 bits per heavy atom. The van der Waals surface area contributed by atoms with Crippen LogP contribution in [0.15, 0.2) is 21.2 Å². The number of aromatic nitrogens is 1. The predicted octanol–water partition coefficient (Wildman–Crippen LogP) is 3.29. The maximum absolute atomic E-state index is 5.82. The van der Waals surface area contributed by atoms with Crippen LogP contribution in [0.1, 0.15) is 25.1 Å². The van der Waals surface area contributed by atoms with Crippen molar-refractivity contribution in [2.45, 2.75) is 19.4 Å². The maximum Gasteiger partial charge on any atom is 0.105 e. The van der Waals surface area contributed by atoms with Crippen LogP contribution in [0, 0.1) is 5.92 Å². The van der Waals surface area contributed by atoms with Gasteiger partial charge in [-0.15, -0.1) is 0 Å². The normalized spacial score (nSPS) is 24.2. The van der Waals surface area contributed by atoms with Crippen LogP contribution < -0.4 is 5.32 Å². The molecule has 0 bridgehead atoms. The zero-order valence-electron chi connectivity index (χ0n) is 9.75. The molecule has 1 N–H and O–H groups in total. The van der Waals surface area contributed by atoms with Gasteiger partial charge in [0.15, 0.2) is 0 Å². The molecule has 1 aromatic rings. The second kappa shape index (κ2) is 6.27. The number of pyridine rings is 1. The van der Waals surface area contributed by atoms with E-state index in [4.69, 9.17) is 4.74 Å². The summed E-state index contributed by atoms with van der Waals surface area (Å²) >= 11 is 6.98. The Labute approximate surface area is 119 Å². The second-order valence-electron chi connectivity index (χ2n) is 4.17. The summed E-state index contributed by atoms with van der Waals surface area (Å²) < 4.78 is 7.82. The number of nitrogens with one attached hydrogen (secondary N) is 1. The lowest BCUT2D eigenvalue weighted by atomic mass is 9.98. The minimum absolute atomic E-state index is 0.108. The molecule has 0 spiro atoms. The number of hydrogen-bond acceptors (Lipinski definition) is 3. The standard InChI is InChI=1S/C12H16Br2N2O/c1-2-15-6-8-3-4-17-12(8)11-10(14)5-9(13)7-16-11/h5,7-8,12,15H,2-4,6H2,1H3. The molecule has 5 heteroatoms. The van der Waals surface area contributed by atoms with Gasteiger partial charge in [-0.3, -0.25) is 4.98 Å². The first-order valence-corrected chi connectivity index (χ1v) is 7.44. The number of rotatable bonds is 4. The molecule has 1 saturated heterocycles. The molecule has 2 heterocycles. The Balaban J connectivity index is 2.14. The van der Waals surface area contributed by atoms with Crippen LogP contribution in [-0.2, 0) is 4.74 Å². The van der Waals surface area contributed by atoms with E-state index >= 15 is 0 Å². The molecule has 17 heavy (non-hydrogen) atoms. The van der Waals surface area contributed by atoms with Crippen LogP contribution in [0.5, 0.6) is 0 Å². The van der Waals surface area contributed by atoms with Gasteiger partial charge in [0.2, 0.25) is 0 Å². The van der Waals surface area contributed by atoms with E-state index in [0.717, 1.165) is 40.8 Å². The van der Waals surface area contributed by atoms with Gasteiger partial charge in [0.05, 0.1) is 5.69 Å². The van der Waals surface area contributed by atoms with Crippen molar-refractivity contribution in [2.24, 2.45) is 5.92 Å². The van der Waals surface area contributed by atoms with Gasteiger partial charge in [-0.2, -0.15) is 0 Å². The summed E-state index contributed by atoms with van der Waals surface area (Å²) in [5, 5.41) is 3.39. The first-order chi connectivity index (χ1) is 8.22. The van der Waals surface area contributed by atoms with E-state index in [1.807, 2.05) is 12.3 Å². The van der Waals surface area contributed by atoms with Gasteiger partial charge in [0.25, 0.3) is 0 Å². The summed E-state index contributed by atoms with van der Waals surface area (Å²) in [6, 6.07) is 2.02. The highest BCUT2D eigenvalue weighted by Crippen LogP contribution is 2.37. The number of ether oxygens (including phenoxy) is 1. The molecule has 0 saturated carbocycles. The van der Waals surface area contributed by atoms with E-state index in [9.17, 15) is 0 Å². The lowest BCUT2D eigenvalue weighted by molar-refractivity contribution is 0.0866. The van der Waals surface area contributed by atoms with Crippen LogP contribution in [0.4, 0.5) is 0 Å². The highest BCUT2D eigenvalue weighted by molar-refractivity contribution is 9.11. The van der Waals surface area contributed by atoms with Crippen molar-refractivity contribution in [2.75, 3.05) is 19.7 Å². The van der Waals surface area contributed by atoms with Crippen molar-refractivity contribution in [3.8, 4) is 0 Å². The monoisotopic (exact) mass is 362 g/mol. The van der Waals surface area contributed by atoms with Crippen molar-refractivity contribution in [3.05, 3.63) is 26.9 Å². The molecule has 0 aliphatic carbocycles. The van der Waals surface area contributed by atoms with Gasteiger partial charge in [-0.05, 0) is 50.9 Å². The van der Waals surface area contributed by atoms with Crippen LogP contribution in [-0.4, -0.2) is 24.7 Å². The minimum atomic E-state index is 0.108. The Morgan fingerprint density at radius 3 is 3.06 bits per heavy atom. The Morgan fingerprint density at radius 1 is 1.53 bits per heavy atom. The number of nitrogens with zero attached hydrogens (tertiary/aromatic N) is 1. The number of hydrogen-bond donors (Lipinski definition) is 1. The summed E-state index contributed by atoms with van der Waals surface area (Å²) in [7, 11) is 0. The van der Waals surface area contributed by atoms with Gasteiger partial charge >= 0.3 is 0 Å². The van der Waals surface area contributed by atoms with E-state index in [2.05, 4.69) is 49.1 Å². The van der Waals surface area contributed by atoms with Crippen LogP contribution in [0.2, 0.25) is 0 Å². The molecule has 0 radical (unpaired) electrons. The summed E-state index contributed by atoms with van der Waals surface area (Å²) in [4.78, 5) is 4.47. The van der Waals surface area contributed by atoms with Crippen molar-refractivity contribution in [1.82, 2.24) is 10.3 Å². The molecule has 2 unspecified atom stereocenters. The fraction of sp³-hybridized carbons (Fsp3) is 0.583. The van der Waals surface area contributed by atoms with E-state index in [1.165, 1.54) is 0 Å². The van der Waals surface area contributed by atoms with Crippen molar-refractivity contribution >= 4 is 31.9 Å². The molecule has 0 aromatic carbocycles. The molecule has 1 aliphatic rings. The third-order valence-electron chi connectivity index (χ3n) is 2.98. The fourth-order valence-electron chi connectivity index (χ4n) is 2.11. The van der Waals surface area contributed by atoms with Crippen LogP contribution in [0.25, 0.3) is 0 Å². The second-order valence-corrected chi connectivity index (χ2v) is 5.94. The molecule has 1 aliphatic heterocycles. The highest BCUT2D eigenvalue weighted by Gasteiger charge is 2.31. The Kier molecular flexibility index (Phi) is 4.97. The van der Waals surface area contributed by atoms with E-state index < -0.39 is 0 Å². The molecule has 1 aromatic heterocycles. The molecule has 2 atom stereocenters. The van der Waals surface area contributed by atoms with Gasteiger partial charge in [0, 0.05) is 34.2 Å². The summed E-state index contributed by atoms with van der Waals surface area (Å²) in [6.07, 6.45) is 3.03. The van der Waals surface area contributed by atoms with E-state index in [-0.39, 0.29) is 6.10 Å². The first-order valence-electron chi connectivity index (χ1n) is 5.85. The zero-order chi connectivity index (χ0) is 12.3. The molecule has 2 rings (SSSR count). The highest BCUT2D eigenvalue weighted by atomic mass is 79.9. The summed E-state index contributed by atoms with van der Waals surface area (Å²) in [6.45, 7) is 4.94. The van der Waals surface area contributed by atoms with Gasteiger partial charge in [-0.25, -0.2) is 0 Å². The third kappa shape index (κ3) is 3.28. The van der Waals surface area contributed by atoms with Gasteiger partial charge in [-0.1, -0.05) is 6.92 Å². The zero-order valence-corrected chi connectivity index (χ0v) is 12.9. The van der Waals surface area contributed by atoms with Crippen LogP contribution >= 0.6 is 31.9 Å². The smallest absolute Gasteiger partial charge is 0.105 e. The van der Waals surface area contributed by atoms with Crippen molar-refractivity contribution in [3.63, 3.8) is 0 Å². The molecule has 3 nitrogen and oxygen atoms in total. The van der Waals surface area contributed by atoms with Crippen LogP contribution in [0.3, 0.4) is 0 Å². The number of halogens is 2. The summed E-state index contributed by atoms with van der Waals surface area (Å²) in [5.74, 6) is 0.514. The lowest BCUT2D eigenvalue weighted by Crippen LogP contribution is -2.25. The maximum atomic E-state index is 5.82. The van der Waals surface area contributed by atoms with E-state index in [0.29, 0.717) is 5.92 Å². The molecular formula is C12H16Br2N2O. The van der Waals surface area contributed by atoms with E-state index in [1.54, 1.807) is 0 Å². The molecule has 1 fully saturated rings. The first kappa shape index (κ1) is 13.5. The third-order valence-corrected chi connectivity index (χ3v) is 4.05. The van der Waals surface area contributed by atoms with Crippen molar-refractivity contribution in [1.29, 1.82) is 0 Å². The predicted molar refractivity (Wildman–Crippen MR) is 75.0 cm³/mol. The fourth-order valence-corrected chi connectivity index (χ4v) is 3.32. The average molecular weight is 364 g/mol. The molecule has 94 valence electrons. The molecular weight excluding hydrogens is 348 g/mol. The Bertz CT molecular complexity index is 387. The lowest BCUT2D eigenvalue weighted by Gasteiger charge is -2.19. The Hall–Kier alpha value is 0.0300. The largest absolute Gasteiger partial charge is 0.372 e. The van der Waals surface area contributed by atoms with Gasteiger partial charge < -0.3 is 10.1 Å².